The van der Waals surface area contributed by atoms with Gasteiger partial charge in [-0.25, -0.2) is 9.97 Å². The molecule has 2 heterocycles. The van der Waals surface area contributed by atoms with Gasteiger partial charge in [0.25, 0.3) is 0 Å². The average Bonchev–Trinajstić information content (AvgIpc) is 2.93. The van der Waals surface area contributed by atoms with Gasteiger partial charge in [-0.05, 0) is 24.6 Å². The van der Waals surface area contributed by atoms with E-state index in [4.69, 9.17) is 4.42 Å². The summed E-state index contributed by atoms with van der Waals surface area (Å²) in [6, 6.07) is 10.2. The molecule has 2 aromatic heterocycles. The maximum atomic E-state index is 5.90. The fraction of sp³-hybridized carbons (Fsp3) is 0.111. The maximum Gasteiger partial charge on any atom is 0.196 e. The molecule has 0 bridgehead atoms. The number of hydrogen-bond acceptors (Lipinski definition) is 4. The zero-order valence-corrected chi connectivity index (χ0v) is 12.4. The first-order valence-electron chi connectivity index (χ1n) is 7.14. The zero-order valence-electron chi connectivity index (χ0n) is 12.4. The molecule has 0 radical (unpaired) electrons. The van der Waals surface area contributed by atoms with Crippen molar-refractivity contribution in [2.45, 2.75) is 13.5 Å². The summed E-state index contributed by atoms with van der Waals surface area (Å²) in [5.74, 6) is 0.695. The molecule has 4 heteroatoms. The molecule has 4 nitrogen and oxygen atoms in total. The van der Waals surface area contributed by atoms with Crippen molar-refractivity contribution in [1.82, 2.24) is 9.97 Å². The second kappa shape index (κ2) is 6.26. The molecule has 0 aliphatic heterocycles. The van der Waals surface area contributed by atoms with Gasteiger partial charge < -0.3 is 9.73 Å². The van der Waals surface area contributed by atoms with Crippen LogP contribution in [-0.4, -0.2) is 9.97 Å². The number of furan rings is 1. The Morgan fingerprint density at radius 3 is 2.77 bits per heavy atom. The third-order valence-electron chi connectivity index (χ3n) is 3.39. The molecule has 0 saturated heterocycles. The van der Waals surface area contributed by atoms with Crippen molar-refractivity contribution in [3.8, 4) is 0 Å². The van der Waals surface area contributed by atoms with E-state index in [0.29, 0.717) is 17.9 Å². The second-order valence-electron chi connectivity index (χ2n) is 4.81. The summed E-state index contributed by atoms with van der Waals surface area (Å²) in [5.41, 5.74) is 3.41. The van der Waals surface area contributed by atoms with Gasteiger partial charge in [-0.2, -0.15) is 0 Å². The van der Waals surface area contributed by atoms with Gasteiger partial charge in [0, 0.05) is 11.8 Å². The van der Waals surface area contributed by atoms with E-state index in [2.05, 4.69) is 34.0 Å². The normalized spacial score (nSPS) is 12.8. The number of hydrogen-bond donors (Lipinski definition) is 1. The van der Waals surface area contributed by atoms with Crippen LogP contribution in [0.4, 0.5) is 5.82 Å². The Hall–Kier alpha value is -2.88. The number of fused-ring (bicyclic) bond motifs is 1. The summed E-state index contributed by atoms with van der Waals surface area (Å²) in [4.78, 5) is 8.64. The fourth-order valence-corrected chi connectivity index (χ4v) is 2.34. The minimum Gasteiger partial charge on any atom is -0.451 e. The van der Waals surface area contributed by atoms with Crippen molar-refractivity contribution in [2.75, 3.05) is 5.32 Å². The van der Waals surface area contributed by atoms with Crippen LogP contribution in [0.5, 0.6) is 0 Å². The molecule has 0 atom stereocenters. The quantitative estimate of drug-likeness (QED) is 0.803. The van der Waals surface area contributed by atoms with Gasteiger partial charge in [0.05, 0.1) is 0 Å². The summed E-state index contributed by atoms with van der Waals surface area (Å²) in [6.45, 7) is 6.36. The topological polar surface area (TPSA) is 51.0 Å². The standard InChI is InChI=1S/C18H17N3O/c1-3-8-14-15(4-2)22-17-16(14)20-12-21-18(17)19-11-13-9-6-5-7-10-13/h3-10,12H,1,11H2,2H3,(H,19,20,21)/b14-8+,15-4+. The molecule has 0 fully saturated rings. The van der Waals surface area contributed by atoms with Crippen LogP contribution in [-0.2, 0) is 6.54 Å². The molecule has 3 rings (SSSR count). The molecule has 0 aliphatic rings. The number of nitrogens with one attached hydrogen (secondary N) is 1. The zero-order chi connectivity index (χ0) is 15.4. The van der Waals surface area contributed by atoms with Crippen LogP contribution in [0.2, 0.25) is 0 Å². The Labute approximate surface area is 128 Å². The summed E-state index contributed by atoms with van der Waals surface area (Å²) in [6.07, 6.45) is 7.09. The lowest BCUT2D eigenvalue weighted by Crippen LogP contribution is -2.19. The van der Waals surface area contributed by atoms with E-state index in [-0.39, 0.29) is 0 Å². The van der Waals surface area contributed by atoms with E-state index in [0.717, 1.165) is 16.2 Å². The summed E-state index contributed by atoms with van der Waals surface area (Å²) < 4.78 is 5.90. The largest absolute Gasteiger partial charge is 0.451 e. The van der Waals surface area contributed by atoms with E-state index in [1.807, 2.05) is 37.3 Å². The first-order chi connectivity index (χ1) is 10.8. The predicted molar refractivity (Wildman–Crippen MR) is 89.6 cm³/mol. The Balaban J connectivity index is 2.04. The summed E-state index contributed by atoms with van der Waals surface area (Å²) >= 11 is 0. The van der Waals surface area contributed by atoms with Crippen molar-refractivity contribution < 1.29 is 4.42 Å². The Morgan fingerprint density at radius 1 is 1.23 bits per heavy atom. The van der Waals surface area contributed by atoms with Gasteiger partial charge in [-0.15, -0.1) is 0 Å². The van der Waals surface area contributed by atoms with Crippen molar-refractivity contribution in [3.05, 3.63) is 65.5 Å². The number of nitrogens with zero attached hydrogens (tertiary/aromatic N) is 2. The van der Waals surface area contributed by atoms with Gasteiger partial charge in [0.1, 0.15) is 17.3 Å². The minimum atomic E-state index is 0.666. The van der Waals surface area contributed by atoms with Crippen molar-refractivity contribution >= 4 is 29.1 Å². The van der Waals surface area contributed by atoms with Gasteiger partial charge in [0.15, 0.2) is 11.4 Å². The third-order valence-corrected chi connectivity index (χ3v) is 3.39. The Bertz CT molecular complexity index is 911. The number of rotatable bonds is 4. The van der Waals surface area contributed by atoms with Gasteiger partial charge in [-0.3, -0.25) is 0 Å². The van der Waals surface area contributed by atoms with Crippen LogP contribution in [0, 0.1) is 0 Å². The van der Waals surface area contributed by atoms with Crippen molar-refractivity contribution in [3.63, 3.8) is 0 Å². The third kappa shape index (κ3) is 2.63. The number of aromatic nitrogens is 2. The average molecular weight is 291 g/mol. The number of allylic oxidation sites excluding steroid dienone is 1. The van der Waals surface area contributed by atoms with E-state index >= 15 is 0 Å². The first-order valence-corrected chi connectivity index (χ1v) is 7.14. The molecule has 1 N–H and O–H groups in total. The second-order valence-corrected chi connectivity index (χ2v) is 4.81. The van der Waals surface area contributed by atoms with Crippen LogP contribution < -0.4 is 16.0 Å². The lowest BCUT2D eigenvalue weighted by Gasteiger charge is -2.05. The molecule has 110 valence electrons. The van der Waals surface area contributed by atoms with Crippen LogP contribution in [0.3, 0.4) is 0 Å². The molecule has 22 heavy (non-hydrogen) atoms. The molecular formula is C18H17N3O. The molecule has 1 aromatic carbocycles. The first kappa shape index (κ1) is 14.1. The van der Waals surface area contributed by atoms with E-state index in [1.165, 1.54) is 5.56 Å². The summed E-state index contributed by atoms with van der Waals surface area (Å²) in [7, 11) is 0. The predicted octanol–water partition coefficient (Wildman–Crippen LogP) is 2.60. The summed E-state index contributed by atoms with van der Waals surface area (Å²) in [5, 5.41) is 4.24. The maximum absolute atomic E-state index is 5.90. The molecule has 0 unspecified atom stereocenters. The number of benzene rings is 1. The lowest BCUT2D eigenvalue weighted by atomic mass is 10.2. The molecule has 0 aliphatic carbocycles. The van der Waals surface area contributed by atoms with Gasteiger partial charge in [-0.1, -0.05) is 43.0 Å². The molecule has 3 aromatic rings. The van der Waals surface area contributed by atoms with Crippen LogP contribution >= 0.6 is 0 Å². The Kier molecular flexibility index (Phi) is 4.01. The van der Waals surface area contributed by atoms with Crippen molar-refractivity contribution in [1.29, 1.82) is 0 Å². The molecule has 0 spiro atoms. The molecule has 0 amide bonds. The number of anilines is 1. The van der Waals surface area contributed by atoms with E-state index < -0.39 is 0 Å². The SMILES string of the molecule is C=C/C=c1\c(=C/C)oc2c(NCc3ccccc3)ncnc12. The minimum absolute atomic E-state index is 0.666. The van der Waals surface area contributed by atoms with E-state index in [9.17, 15) is 0 Å². The highest BCUT2D eigenvalue weighted by atomic mass is 16.3. The van der Waals surface area contributed by atoms with Gasteiger partial charge >= 0.3 is 0 Å². The highest BCUT2D eigenvalue weighted by molar-refractivity contribution is 5.84. The Morgan fingerprint density at radius 2 is 2.05 bits per heavy atom. The lowest BCUT2D eigenvalue weighted by molar-refractivity contribution is 0.574. The molecular weight excluding hydrogens is 274 g/mol. The smallest absolute Gasteiger partial charge is 0.196 e. The fourth-order valence-electron chi connectivity index (χ4n) is 2.34. The monoisotopic (exact) mass is 291 g/mol. The van der Waals surface area contributed by atoms with Crippen LogP contribution in [0.25, 0.3) is 23.3 Å². The highest BCUT2D eigenvalue weighted by Gasteiger charge is 2.10. The van der Waals surface area contributed by atoms with Crippen LogP contribution in [0.1, 0.15) is 12.5 Å². The van der Waals surface area contributed by atoms with Crippen LogP contribution in [0.15, 0.2) is 53.7 Å². The van der Waals surface area contributed by atoms with Crippen molar-refractivity contribution in [2.24, 2.45) is 0 Å². The molecule has 0 saturated carbocycles. The van der Waals surface area contributed by atoms with E-state index in [1.54, 1.807) is 12.4 Å². The van der Waals surface area contributed by atoms with Gasteiger partial charge in [0.2, 0.25) is 0 Å². The highest BCUT2D eigenvalue weighted by Crippen LogP contribution is 2.16.